The molecule has 1 heterocycles. The molecule has 0 bridgehead atoms. The summed E-state index contributed by atoms with van der Waals surface area (Å²) in [5.74, 6) is -0.483. The lowest BCUT2D eigenvalue weighted by Crippen LogP contribution is -2.24. The molecule has 2 aromatic rings. The Morgan fingerprint density at radius 3 is 2.56 bits per heavy atom. The first-order valence-corrected chi connectivity index (χ1v) is 9.62. The van der Waals surface area contributed by atoms with Crippen LogP contribution in [0.25, 0.3) is 0 Å². The van der Waals surface area contributed by atoms with E-state index in [9.17, 15) is 14.4 Å². The Labute approximate surface area is 161 Å². The highest BCUT2D eigenvalue weighted by atomic mass is 32.1. The third kappa shape index (κ3) is 4.91. The fraction of sp³-hybridized carbons (Fsp3) is 0.368. The molecular weight excluding hydrogens is 366 g/mol. The highest BCUT2D eigenvalue weighted by molar-refractivity contribution is 7.17. The third-order valence-corrected chi connectivity index (χ3v) is 5.16. The van der Waals surface area contributed by atoms with Crippen LogP contribution in [0, 0.1) is 12.8 Å². The van der Waals surface area contributed by atoms with Gasteiger partial charge in [-0.15, -0.1) is 0 Å². The summed E-state index contributed by atoms with van der Waals surface area (Å²) in [4.78, 5) is 40.5. The summed E-state index contributed by atoms with van der Waals surface area (Å²) in [7, 11) is 0. The molecule has 8 heteroatoms. The number of anilines is 1. The number of rotatable bonds is 7. The maximum Gasteiger partial charge on any atom is 0.350 e. The minimum Gasteiger partial charge on any atom is -0.462 e. The molecule has 2 N–H and O–H groups in total. The van der Waals surface area contributed by atoms with Crippen molar-refractivity contribution in [3.05, 3.63) is 46.0 Å². The second-order valence-electron chi connectivity index (χ2n) is 6.30. The number of benzene rings is 1. The summed E-state index contributed by atoms with van der Waals surface area (Å²) < 4.78 is 4.97. The maximum atomic E-state index is 12.4. The van der Waals surface area contributed by atoms with Crippen LogP contribution in [-0.4, -0.2) is 29.4 Å². The van der Waals surface area contributed by atoms with Gasteiger partial charge in [-0.1, -0.05) is 23.5 Å². The van der Waals surface area contributed by atoms with Gasteiger partial charge in [0.05, 0.1) is 12.3 Å². The molecule has 0 aliphatic heterocycles. The second-order valence-corrected chi connectivity index (χ2v) is 7.30. The first-order valence-electron chi connectivity index (χ1n) is 8.80. The van der Waals surface area contributed by atoms with Crippen LogP contribution in [-0.2, 0) is 16.1 Å². The molecule has 0 spiro atoms. The standard InChI is InChI=1S/C19H21N3O4S/c1-3-26-18(25)15-11(2)21-19(27-15)22-17(24)14-6-4-12(5-7-14)10-20-16(23)13-8-9-13/h4-7,13H,3,8-10H2,1-2H3,(H,20,23)(H,21,22,24). The third-order valence-electron chi connectivity index (χ3n) is 4.11. The van der Waals surface area contributed by atoms with E-state index in [1.54, 1.807) is 38.1 Å². The van der Waals surface area contributed by atoms with Gasteiger partial charge >= 0.3 is 5.97 Å². The lowest BCUT2D eigenvalue weighted by molar-refractivity contribution is -0.122. The molecule has 0 unspecified atom stereocenters. The molecule has 1 fully saturated rings. The van der Waals surface area contributed by atoms with Crippen molar-refractivity contribution in [2.24, 2.45) is 5.92 Å². The molecule has 142 valence electrons. The highest BCUT2D eigenvalue weighted by Gasteiger charge is 2.29. The molecule has 3 rings (SSSR count). The summed E-state index contributed by atoms with van der Waals surface area (Å²) in [5.41, 5.74) is 1.92. The van der Waals surface area contributed by atoms with Gasteiger partial charge < -0.3 is 10.1 Å². The Balaban J connectivity index is 1.58. The van der Waals surface area contributed by atoms with Crippen molar-refractivity contribution in [2.45, 2.75) is 33.2 Å². The van der Waals surface area contributed by atoms with E-state index in [0.717, 1.165) is 29.7 Å². The molecule has 0 saturated heterocycles. The zero-order chi connectivity index (χ0) is 19.4. The second kappa shape index (κ2) is 8.30. The normalized spacial score (nSPS) is 13.1. The largest absolute Gasteiger partial charge is 0.462 e. The monoisotopic (exact) mass is 387 g/mol. The van der Waals surface area contributed by atoms with E-state index in [0.29, 0.717) is 27.8 Å². The fourth-order valence-electron chi connectivity index (χ4n) is 2.46. The number of hydrogen-bond donors (Lipinski definition) is 2. The van der Waals surface area contributed by atoms with E-state index in [1.807, 2.05) is 0 Å². The van der Waals surface area contributed by atoms with Gasteiger partial charge in [0.2, 0.25) is 5.91 Å². The van der Waals surface area contributed by atoms with Crippen molar-refractivity contribution in [1.29, 1.82) is 0 Å². The Kier molecular flexibility index (Phi) is 5.85. The van der Waals surface area contributed by atoms with Gasteiger partial charge in [-0.05, 0) is 44.4 Å². The number of thiazole rings is 1. The predicted octanol–water partition coefficient (Wildman–Crippen LogP) is 2.91. The van der Waals surface area contributed by atoms with Crippen LogP contribution in [0.5, 0.6) is 0 Å². The molecule has 1 aliphatic rings. The Morgan fingerprint density at radius 1 is 1.22 bits per heavy atom. The average molecular weight is 387 g/mol. The smallest absolute Gasteiger partial charge is 0.350 e. The van der Waals surface area contributed by atoms with Crippen molar-refractivity contribution in [2.75, 3.05) is 11.9 Å². The summed E-state index contributed by atoms with van der Waals surface area (Å²) in [6.07, 6.45) is 1.94. The number of nitrogens with zero attached hydrogens (tertiary/aromatic N) is 1. The number of aryl methyl sites for hydroxylation is 1. The van der Waals surface area contributed by atoms with Crippen LogP contribution in [0.4, 0.5) is 5.13 Å². The molecule has 0 atom stereocenters. The first kappa shape index (κ1) is 19.0. The van der Waals surface area contributed by atoms with Gasteiger partial charge in [0.1, 0.15) is 4.88 Å². The number of amides is 2. The van der Waals surface area contributed by atoms with E-state index in [-0.39, 0.29) is 24.3 Å². The van der Waals surface area contributed by atoms with Gasteiger partial charge in [0.15, 0.2) is 5.13 Å². The van der Waals surface area contributed by atoms with Gasteiger partial charge in [-0.25, -0.2) is 9.78 Å². The van der Waals surface area contributed by atoms with Gasteiger partial charge in [0, 0.05) is 18.0 Å². The van der Waals surface area contributed by atoms with Crippen LogP contribution in [0.15, 0.2) is 24.3 Å². The SMILES string of the molecule is CCOC(=O)c1sc(NC(=O)c2ccc(CNC(=O)C3CC3)cc2)nc1C. The molecule has 1 aromatic carbocycles. The summed E-state index contributed by atoms with van der Waals surface area (Å²) in [6.45, 7) is 4.16. The van der Waals surface area contributed by atoms with Gasteiger partial charge in [0.25, 0.3) is 5.91 Å². The van der Waals surface area contributed by atoms with Crippen LogP contribution < -0.4 is 10.6 Å². The molecule has 2 amide bonds. The van der Waals surface area contributed by atoms with Crippen LogP contribution >= 0.6 is 11.3 Å². The topological polar surface area (TPSA) is 97.4 Å². The average Bonchev–Trinajstić information content (AvgIpc) is 3.44. The van der Waals surface area contributed by atoms with Crippen molar-refractivity contribution < 1.29 is 19.1 Å². The number of ether oxygens (including phenoxy) is 1. The number of esters is 1. The molecule has 7 nitrogen and oxygen atoms in total. The van der Waals surface area contributed by atoms with Crippen LogP contribution in [0.3, 0.4) is 0 Å². The summed E-state index contributed by atoms with van der Waals surface area (Å²) >= 11 is 1.09. The molecule has 1 aliphatic carbocycles. The van der Waals surface area contributed by atoms with E-state index >= 15 is 0 Å². The van der Waals surface area contributed by atoms with Gasteiger partial charge in [-0.3, -0.25) is 14.9 Å². The van der Waals surface area contributed by atoms with Crippen molar-refractivity contribution in [3.8, 4) is 0 Å². The molecule has 27 heavy (non-hydrogen) atoms. The van der Waals surface area contributed by atoms with E-state index in [4.69, 9.17) is 4.74 Å². The molecule has 0 radical (unpaired) electrons. The zero-order valence-electron chi connectivity index (χ0n) is 15.2. The predicted molar refractivity (Wildman–Crippen MR) is 102 cm³/mol. The lowest BCUT2D eigenvalue weighted by Gasteiger charge is -2.06. The van der Waals surface area contributed by atoms with E-state index in [1.165, 1.54) is 0 Å². The first-order chi connectivity index (χ1) is 13.0. The molecule has 1 saturated carbocycles. The van der Waals surface area contributed by atoms with E-state index < -0.39 is 5.97 Å². The number of carbonyl (C=O) groups excluding carboxylic acids is 3. The minimum absolute atomic E-state index is 0.0911. The number of carbonyl (C=O) groups is 3. The Bertz CT molecular complexity index is 856. The highest BCUT2D eigenvalue weighted by Crippen LogP contribution is 2.28. The summed E-state index contributed by atoms with van der Waals surface area (Å²) in [5, 5.41) is 5.94. The zero-order valence-corrected chi connectivity index (χ0v) is 16.0. The fourth-order valence-corrected chi connectivity index (χ4v) is 3.31. The number of aromatic nitrogens is 1. The number of nitrogens with one attached hydrogen (secondary N) is 2. The lowest BCUT2D eigenvalue weighted by atomic mass is 10.1. The maximum absolute atomic E-state index is 12.4. The molecular formula is C19H21N3O4S. The Hall–Kier alpha value is -2.74. The number of hydrogen-bond acceptors (Lipinski definition) is 6. The van der Waals surface area contributed by atoms with Crippen LogP contribution in [0.1, 0.15) is 51.1 Å². The van der Waals surface area contributed by atoms with Crippen molar-refractivity contribution in [1.82, 2.24) is 10.3 Å². The van der Waals surface area contributed by atoms with Crippen molar-refractivity contribution >= 4 is 34.3 Å². The van der Waals surface area contributed by atoms with Crippen molar-refractivity contribution in [3.63, 3.8) is 0 Å². The Morgan fingerprint density at radius 2 is 1.93 bits per heavy atom. The van der Waals surface area contributed by atoms with E-state index in [2.05, 4.69) is 15.6 Å². The van der Waals surface area contributed by atoms with Crippen LogP contribution in [0.2, 0.25) is 0 Å². The minimum atomic E-state index is -0.439. The molecule has 1 aromatic heterocycles. The van der Waals surface area contributed by atoms with Gasteiger partial charge in [-0.2, -0.15) is 0 Å². The quantitative estimate of drug-likeness (QED) is 0.712. The summed E-state index contributed by atoms with van der Waals surface area (Å²) in [6, 6.07) is 7.00.